The van der Waals surface area contributed by atoms with Crippen LogP contribution in [0.15, 0.2) is 0 Å². The van der Waals surface area contributed by atoms with Gasteiger partial charge in [-0.15, -0.1) is 10.2 Å². The van der Waals surface area contributed by atoms with Gasteiger partial charge in [-0.2, -0.15) is 23.5 Å². The Balaban J connectivity index is 1.70. The molecule has 3 atom stereocenters. The zero-order chi connectivity index (χ0) is 19.7. The largest absolute Gasteiger partial charge is 0.446 e. The van der Waals surface area contributed by atoms with Crippen molar-refractivity contribution in [3.8, 4) is 0 Å². The molecule has 0 radical (unpaired) electrons. The van der Waals surface area contributed by atoms with Gasteiger partial charge in [-0.3, -0.25) is 5.32 Å². The molecule has 0 spiro atoms. The number of hydrogen-bond acceptors (Lipinski definition) is 9. The minimum absolute atomic E-state index is 0.147. The van der Waals surface area contributed by atoms with Crippen molar-refractivity contribution in [3.05, 3.63) is 5.01 Å². The number of carbonyl (C=O) groups excluding carboxylic acids is 1. The fourth-order valence-corrected chi connectivity index (χ4v) is 4.80. The molecule has 0 bridgehead atoms. The first-order valence-electron chi connectivity index (χ1n) is 9.11. The van der Waals surface area contributed by atoms with Crippen molar-refractivity contribution in [1.29, 1.82) is 0 Å². The molecule has 0 aliphatic carbocycles. The van der Waals surface area contributed by atoms with Gasteiger partial charge >= 0.3 is 6.09 Å². The summed E-state index contributed by atoms with van der Waals surface area (Å²) in [6, 6.07) is 0. The molecule has 1 amide bonds. The van der Waals surface area contributed by atoms with Crippen LogP contribution in [0.3, 0.4) is 0 Å². The van der Waals surface area contributed by atoms with E-state index in [1.54, 1.807) is 11.8 Å². The third kappa shape index (κ3) is 7.41. The van der Waals surface area contributed by atoms with Gasteiger partial charge in [-0.05, 0) is 31.1 Å². The third-order valence-electron chi connectivity index (χ3n) is 4.16. The molecule has 3 unspecified atom stereocenters. The van der Waals surface area contributed by atoms with Gasteiger partial charge in [0.2, 0.25) is 5.13 Å². The highest BCUT2D eigenvalue weighted by Gasteiger charge is 2.42. The van der Waals surface area contributed by atoms with Crippen molar-refractivity contribution < 1.29 is 19.0 Å². The Bertz CT molecular complexity index is 590. The van der Waals surface area contributed by atoms with E-state index in [4.69, 9.17) is 14.2 Å². The molecule has 0 aromatic carbocycles. The summed E-state index contributed by atoms with van der Waals surface area (Å²) in [5.41, 5.74) is 0. The van der Waals surface area contributed by atoms with E-state index in [1.807, 2.05) is 24.9 Å². The Labute approximate surface area is 173 Å². The van der Waals surface area contributed by atoms with Crippen LogP contribution < -0.4 is 5.32 Å². The van der Waals surface area contributed by atoms with Crippen molar-refractivity contribution in [2.45, 2.75) is 45.5 Å². The SMILES string of the molecule is CCCSCC(C)C1(C)OCC(COC(=O)Nc2nnc(CCSC)s2)O1. The number of nitrogens with zero attached hydrogens (tertiary/aromatic N) is 2. The molecule has 2 heterocycles. The lowest BCUT2D eigenvalue weighted by Gasteiger charge is -2.30. The van der Waals surface area contributed by atoms with E-state index in [2.05, 4.69) is 29.4 Å². The zero-order valence-electron chi connectivity index (χ0n) is 16.4. The Kier molecular flexibility index (Phi) is 9.64. The summed E-state index contributed by atoms with van der Waals surface area (Å²) in [5, 5.41) is 12.0. The first-order chi connectivity index (χ1) is 13.0. The number of amides is 1. The van der Waals surface area contributed by atoms with Crippen molar-refractivity contribution in [2.75, 3.05) is 42.0 Å². The number of hydrogen-bond donors (Lipinski definition) is 1. The predicted octanol–water partition coefficient (Wildman–Crippen LogP) is 3.90. The molecule has 2 rings (SSSR count). The molecule has 1 saturated heterocycles. The van der Waals surface area contributed by atoms with Gasteiger partial charge in [0.15, 0.2) is 5.79 Å². The fraction of sp³-hybridized carbons (Fsp3) is 0.824. The molecule has 1 aliphatic rings. The highest BCUT2D eigenvalue weighted by atomic mass is 32.2. The molecule has 27 heavy (non-hydrogen) atoms. The first-order valence-corrected chi connectivity index (χ1v) is 12.5. The second-order valence-electron chi connectivity index (χ2n) is 6.51. The molecule has 1 N–H and O–H groups in total. The van der Waals surface area contributed by atoms with E-state index in [1.165, 1.54) is 11.3 Å². The third-order valence-corrected chi connectivity index (χ3v) is 7.11. The summed E-state index contributed by atoms with van der Waals surface area (Å²) in [6.07, 6.45) is 3.24. The van der Waals surface area contributed by atoms with Crippen LogP contribution in [0.25, 0.3) is 0 Å². The molecule has 154 valence electrons. The van der Waals surface area contributed by atoms with E-state index >= 15 is 0 Å². The van der Waals surface area contributed by atoms with Crippen LogP contribution in [0.5, 0.6) is 0 Å². The van der Waals surface area contributed by atoms with E-state index in [0.717, 1.165) is 35.1 Å². The number of carbonyl (C=O) groups is 1. The van der Waals surface area contributed by atoms with Crippen LogP contribution in [-0.4, -0.2) is 64.9 Å². The monoisotopic (exact) mass is 435 g/mol. The lowest BCUT2D eigenvalue weighted by atomic mass is 10.1. The summed E-state index contributed by atoms with van der Waals surface area (Å²) in [4.78, 5) is 12.0. The van der Waals surface area contributed by atoms with Crippen molar-refractivity contribution in [3.63, 3.8) is 0 Å². The highest BCUT2D eigenvalue weighted by Crippen LogP contribution is 2.33. The average Bonchev–Trinajstić information content (AvgIpc) is 3.25. The molecule has 1 fully saturated rings. The van der Waals surface area contributed by atoms with E-state index in [-0.39, 0.29) is 18.6 Å². The van der Waals surface area contributed by atoms with Crippen molar-refractivity contribution >= 4 is 46.1 Å². The molecule has 1 aromatic heterocycles. The maximum atomic E-state index is 12.0. The van der Waals surface area contributed by atoms with Gasteiger partial charge in [0, 0.05) is 18.1 Å². The second kappa shape index (κ2) is 11.5. The van der Waals surface area contributed by atoms with Crippen LogP contribution in [0.2, 0.25) is 0 Å². The predicted molar refractivity (Wildman–Crippen MR) is 113 cm³/mol. The Hall–Kier alpha value is -0.550. The average molecular weight is 436 g/mol. The van der Waals surface area contributed by atoms with Gasteiger partial charge in [0.05, 0.1) is 6.61 Å². The quantitative estimate of drug-likeness (QED) is 0.524. The van der Waals surface area contributed by atoms with Crippen molar-refractivity contribution in [1.82, 2.24) is 10.2 Å². The topological polar surface area (TPSA) is 82.6 Å². The Morgan fingerprint density at radius 1 is 1.48 bits per heavy atom. The first kappa shape index (κ1) is 22.7. The van der Waals surface area contributed by atoms with E-state index < -0.39 is 11.9 Å². The number of nitrogens with one attached hydrogen (secondary N) is 1. The van der Waals surface area contributed by atoms with Crippen LogP contribution in [0, 0.1) is 5.92 Å². The molecule has 1 aromatic rings. The zero-order valence-corrected chi connectivity index (χ0v) is 18.8. The molecular weight excluding hydrogens is 406 g/mol. The van der Waals surface area contributed by atoms with Gasteiger partial charge < -0.3 is 14.2 Å². The van der Waals surface area contributed by atoms with Gasteiger partial charge in [0.25, 0.3) is 0 Å². The van der Waals surface area contributed by atoms with Crippen LogP contribution in [0.1, 0.15) is 32.2 Å². The Morgan fingerprint density at radius 2 is 2.30 bits per heavy atom. The molecule has 1 aliphatic heterocycles. The lowest BCUT2D eigenvalue weighted by Crippen LogP contribution is -2.37. The maximum absolute atomic E-state index is 12.0. The highest BCUT2D eigenvalue weighted by molar-refractivity contribution is 7.99. The molecule has 0 saturated carbocycles. The van der Waals surface area contributed by atoms with Gasteiger partial charge in [-0.1, -0.05) is 25.2 Å². The summed E-state index contributed by atoms with van der Waals surface area (Å²) in [5.74, 6) is 2.73. The summed E-state index contributed by atoms with van der Waals surface area (Å²) in [6.45, 7) is 6.83. The number of rotatable bonds is 11. The number of aromatic nitrogens is 2. The standard InChI is InChI=1S/C17H29N3O4S3/c1-5-7-26-11-12(2)17(3)23-10-13(24-17)9-22-16(21)18-15-20-19-14(27-15)6-8-25-4/h12-13H,5-11H2,1-4H3,(H,18,20,21). The van der Waals surface area contributed by atoms with Crippen LogP contribution in [-0.2, 0) is 20.6 Å². The van der Waals surface area contributed by atoms with E-state index in [9.17, 15) is 4.79 Å². The lowest BCUT2D eigenvalue weighted by molar-refractivity contribution is -0.184. The van der Waals surface area contributed by atoms with Gasteiger partial charge in [0.1, 0.15) is 17.7 Å². The number of aryl methyl sites for hydroxylation is 1. The molecule has 7 nitrogen and oxygen atoms in total. The number of anilines is 1. The fourth-order valence-electron chi connectivity index (χ4n) is 2.44. The second-order valence-corrected chi connectivity index (χ2v) is 9.71. The van der Waals surface area contributed by atoms with Crippen LogP contribution >= 0.6 is 34.9 Å². The number of ether oxygens (including phenoxy) is 3. The van der Waals surface area contributed by atoms with E-state index in [0.29, 0.717) is 11.7 Å². The Morgan fingerprint density at radius 3 is 3.04 bits per heavy atom. The minimum Gasteiger partial charge on any atom is -0.446 e. The summed E-state index contributed by atoms with van der Waals surface area (Å²) < 4.78 is 17.2. The summed E-state index contributed by atoms with van der Waals surface area (Å²) in [7, 11) is 0. The number of thioether (sulfide) groups is 2. The molecule has 10 heteroatoms. The minimum atomic E-state index is -0.628. The maximum Gasteiger partial charge on any atom is 0.413 e. The summed E-state index contributed by atoms with van der Waals surface area (Å²) >= 11 is 5.02. The normalized spacial score (nSPS) is 23.3. The smallest absolute Gasteiger partial charge is 0.413 e. The molecular formula is C17H29N3O4S3. The van der Waals surface area contributed by atoms with Crippen LogP contribution in [0.4, 0.5) is 9.93 Å². The van der Waals surface area contributed by atoms with Crippen molar-refractivity contribution in [2.24, 2.45) is 5.92 Å². The van der Waals surface area contributed by atoms with Gasteiger partial charge in [-0.25, -0.2) is 4.79 Å².